The summed E-state index contributed by atoms with van der Waals surface area (Å²) in [6.45, 7) is 5.19. The van der Waals surface area contributed by atoms with Crippen molar-refractivity contribution in [2.24, 2.45) is 0 Å². The normalized spacial score (nSPS) is 9.38. The molecule has 0 spiro atoms. The van der Waals surface area contributed by atoms with Crippen LogP contribution in [0.25, 0.3) is 0 Å². The van der Waals surface area contributed by atoms with Gasteiger partial charge in [0, 0.05) is 26.2 Å². The fourth-order valence-corrected chi connectivity index (χ4v) is 0.692. The summed E-state index contributed by atoms with van der Waals surface area (Å²) in [4.78, 5) is 0. The molecule has 0 unspecified atom stereocenters. The van der Waals surface area contributed by atoms with Crippen LogP contribution in [0.2, 0.25) is 0 Å². The Bertz CT molecular complexity index is 73.9. The second kappa shape index (κ2) is 15.6. The maximum atomic E-state index is 8.53. The van der Waals surface area contributed by atoms with Crippen molar-refractivity contribution in [3.63, 3.8) is 0 Å². The van der Waals surface area contributed by atoms with Crippen LogP contribution < -0.4 is 0 Å². The van der Waals surface area contributed by atoms with Gasteiger partial charge in [-0.1, -0.05) is 0 Å². The molecule has 0 aromatic carbocycles. The SMILES string of the molecule is CCOC(CCO)OCC.[Cl][Ti][Cl]. The van der Waals surface area contributed by atoms with Gasteiger partial charge in [-0.25, -0.2) is 0 Å². The van der Waals surface area contributed by atoms with E-state index in [0.717, 1.165) is 0 Å². The molecule has 0 atom stereocenters. The van der Waals surface area contributed by atoms with Gasteiger partial charge in [-0.3, -0.25) is 0 Å². The third-order valence-corrected chi connectivity index (χ3v) is 1.07. The maximum absolute atomic E-state index is 8.53. The molecular formula is C7H16Cl2O3Ti. The van der Waals surface area contributed by atoms with Gasteiger partial charge in [0.2, 0.25) is 0 Å². The zero-order chi connectivity index (χ0) is 10.5. The van der Waals surface area contributed by atoms with Gasteiger partial charge < -0.3 is 14.6 Å². The first-order valence-electron chi connectivity index (χ1n) is 4.07. The van der Waals surface area contributed by atoms with Crippen molar-refractivity contribution in [3.8, 4) is 0 Å². The van der Waals surface area contributed by atoms with Crippen LogP contribution in [-0.4, -0.2) is 31.2 Å². The molecule has 0 rings (SSSR count). The number of ether oxygens (including phenoxy) is 2. The third kappa shape index (κ3) is 15.9. The first-order valence-corrected chi connectivity index (χ1v) is 8.36. The minimum atomic E-state index is -0.556. The van der Waals surface area contributed by atoms with E-state index in [1.807, 2.05) is 13.8 Å². The summed E-state index contributed by atoms with van der Waals surface area (Å²) < 4.78 is 10.3. The summed E-state index contributed by atoms with van der Waals surface area (Å²) in [6, 6.07) is 0. The molecule has 0 aliphatic rings. The van der Waals surface area contributed by atoms with Gasteiger partial charge in [-0.15, -0.1) is 0 Å². The van der Waals surface area contributed by atoms with Gasteiger partial charge in [-0.05, 0) is 13.8 Å². The Morgan fingerprint density at radius 3 is 1.85 bits per heavy atom. The Balaban J connectivity index is 0. The van der Waals surface area contributed by atoms with Crippen LogP contribution in [0.1, 0.15) is 20.3 Å². The van der Waals surface area contributed by atoms with E-state index in [-0.39, 0.29) is 12.9 Å². The van der Waals surface area contributed by atoms with Crippen molar-refractivity contribution < 1.29 is 31.6 Å². The molecule has 0 saturated heterocycles. The van der Waals surface area contributed by atoms with E-state index >= 15 is 0 Å². The average Bonchev–Trinajstić information content (AvgIpc) is 2.07. The van der Waals surface area contributed by atoms with Crippen LogP contribution in [0.5, 0.6) is 0 Å². The average molecular weight is 267 g/mol. The number of halogens is 2. The molecule has 0 amide bonds. The van der Waals surface area contributed by atoms with Crippen molar-refractivity contribution >= 4 is 18.6 Å². The summed E-state index contributed by atoms with van der Waals surface area (Å²) >= 11 is -0.556. The quantitative estimate of drug-likeness (QED) is 0.592. The molecule has 13 heavy (non-hydrogen) atoms. The molecule has 80 valence electrons. The topological polar surface area (TPSA) is 38.7 Å². The van der Waals surface area contributed by atoms with Gasteiger partial charge in [0.15, 0.2) is 6.29 Å². The summed E-state index contributed by atoms with van der Waals surface area (Å²) in [6.07, 6.45) is 0.335. The first-order chi connectivity index (χ1) is 6.26. The summed E-state index contributed by atoms with van der Waals surface area (Å²) in [5.74, 6) is 0. The third-order valence-electron chi connectivity index (χ3n) is 1.07. The zero-order valence-corrected chi connectivity index (χ0v) is 11.0. The van der Waals surface area contributed by atoms with Gasteiger partial charge >= 0.3 is 35.6 Å². The molecule has 0 fully saturated rings. The molecule has 0 aliphatic heterocycles. The van der Waals surface area contributed by atoms with Crippen LogP contribution in [0.15, 0.2) is 0 Å². The van der Waals surface area contributed by atoms with E-state index in [4.69, 9.17) is 33.2 Å². The molecule has 6 heteroatoms. The molecule has 0 bridgehead atoms. The molecule has 0 aromatic heterocycles. The Hall–Kier alpha value is 1.17. The second-order valence-electron chi connectivity index (χ2n) is 1.92. The summed E-state index contributed by atoms with van der Waals surface area (Å²) in [5, 5.41) is 8.53. The number of hydrogen-bond donors (Lipinski definition) is 1. The number of aliphatic hydroxyl groups excluding tert-OH is 1. The van der Waals surface area contributed by atoms with Crippen molar-refractivity contribution in [3.05, 3.63) is 0 Å². The van der Waals surface area contributed by atoms with Crippen LogP contribution in [-0.2, 0) is 26.5 Å². The second-order valence-corrected chi connectivity index (χ2v) is 4.50. The number of rotatable bonds is 6. The molecule has 0 aliphatic carbocycles. The van der Waals surface area contributed by atoms with E-state index in [1.54, 1.807) is 0 Å². The Labute approximate surface area is 96.4 Å². The van der Waals surface area contributed by atoms with Crippen LogP contribution >= 0.6 is 18.6 Å². The van der Waals surface area contributed by atoms with Crippen LogP contribution in [0.3, 0.4) is 0 Å². The molecule has 3 nitrogen and oxygen atoms in total. The number of aliphatic hydroxyl groups is 1. The molecule has 1 N–H and O–H groups in total. The molecule has 0 heterocycles. The first kappa shape index (κ1) is 16.6. The number of hydrogen-bond acceptors (Lipinski definition) is 3. The molecule has 0 aromatic rings. The molecule has 0 radical (unpaired) electrons. The van der Waals surface area contributed by atoms with Crippen molar-refractivity contribution in [2.75, 3.05) is 19.8 Å². The standard InChI is InChI=1S/C7H16O3.2ClH.Ti/c1-3-9-7(5-6-8)10-4-2;;;/h7-8H,3-6H2,1-2H3;2*1H;/q;;;+2/p-2. The van der Waals surface area contributed by atoms with Crippen molar-refractivity contribution in [2.45, 2.75) is 26.6 Å². The van der Waals surface area contributed by atoms with Crippen molar-refractivity contribution in [1.82, 2.24) is 0 Å². The molecular weight excluding hydrogens is 251 g/mol. The van der Waals surface area contributed by atoms with Gasteiger partial charge in [0.25, 0.3) is 0 Å². The Kier molecular flexibility index (Phi) is 20.0. The minimum absolute atomic E-state index is 0.116. The fourth-order valence-electron chi connectivity index (χ4n) is 0.692. The van der Waals surface area contributed by atoms with Gasteiger partial charge in [-0.2, -0.15) is 0 Å². The summed E-state index contributed by atoms with van der Waals surface area (Å²) in [7, 11) is 9.78. The fraction of sp³-hybridized carbons (Fsp3) is 1.00. The van der Waals surface area contributed by atoms with E-state index in [1.165, 1.54) is 0 Å². The van der Waals surface area contributed by atoms with E-state index < -0.39 is 17.0 Å². The van der Waals surface area contributed by atoms with E-state index in [9.17, 15) is 0 Å². The van der Waals surface area contributed by atoms with Gasteiger partial charge in [0.05, 0.1) is 0 Å². The Morgan fingerprint density at radius 1 is 1.23 bits per heavy atom. The molecule has 0 saturated carbocycles. The van der Waals surface area contributed by atoms with Gasteiger partial charge in [0.1, 0.15) is 0 Å². The predicted octanol–water partition coefficient (Wildman–Crippen LogP) is 2.14. The van der Waals surface area contributed by atoms with Crippen molar-refractivity contribution in [1.29, 1.82) is 0 Å². The predicted molar refractivity (Wildman–Crippen MR) is 50.4 cm³/mol. The summed E-state index contributed by atoms with van der Waals surface area (Å²) in [5.41, 5.74) is 0. The van der Waals surface area contributed by atoms with Crippen LogP contribution in [0.4, 0.5) is 0 Å². The zero-order valence-electron chi connectivity index (χ0n) is 7.93. The van der Waals surface area contributed by atoms with E-state index in [2.05, 4.69) is 0 Å². The van der Waals surface area contributed by atoms with Crippen LogP contribution in [0, 0.1) is 0 Å². The Morgan fingerprint density at radius 2 is 1.62 bits per heavy atom. The monoisotopic (exact) mass is 266 g/mol. The van der Waals surface area contributed by atoms with E-state index in [0.29, 0.717) is 19.6 Å².